The van der Waals surface area contributed by atoms with Gasteiger partial charge in [0.05, 0.1) is 6.61 Å². The first kappa shape index (κ1) is 22.5. The number of nitrogens with zero attached hydrogens (tertiary/aromatic N) is 2. The van der Waals surface area contributed by atoms with Gasteiger partial charge in [-0.3, -0.25) is 4.99 Å². The van der Waals surface area contributed by atoms with E-state index in [0.717, 1.165) is 30.4 Å². The number of halogens is 3. The minimum Gasteiger partial charge on any atom is -0.367 e. The summed E-state index contributed by atoms with van der Waals surface area (Å²) in [5.74, 6) is 1.53. The summed E-state index contributed by atoms with van der Waals surface area (Å²) in [7, 11) is 3.91. The Kier molecular flexibility index (Phi) is 9.05. The van der Waals surface area contributed by atoms with Gasteiger partial charge in [-0.2, -0.15) is 13.2 Å². The summed E-state index contributed by atoms with van der Waals surface area (Å²) in [5.41, 5.74) is 1.74. The minimum atomic E-state index is -4.29. The molecule has 0 atom stereocenters. The Morgan fingerprint density at radius 2 is 1.79 bits per heavy atom. The van der Waals surface area contributed by atoms with Crippen LogP contribution in [0.4, 0.5) is 13.2 Å². The number of benzene rings is 1. The second-order valence-corrected chi connectivity index (χ2v) is 7.31. The first-order valence-corrected chi connectivity index (χ1v) is 9.71. The van der Waals surface area contributed by atoms with E-state index in [9.17, 15) is 13.2 Å². The van der Waals surface area contributed by atoms with Crippen molar-refractivity contribution < 1.29 is 17.9 Å². The Bertz CT molecular complexity index is 596. The molecule has 2 N–H and O–H groups in total. The molecule has 1 heterocycles. The summed E-state index contributed by atoms with van der Waals surface area (Å²) < 4.78 is 40.9. The van der Waals surface area contributed by atoms with Crippen LogP contribution in [0.25, 0.3) is 0 Å². The molecule has 158 valence electrons. The van der Waals surface area contributed by atoms with Gasteiger partial charge in [0.25, 0.3) is 0 Å². The van der Waals surface area contributed by atoms with Gasteiger partial charge >= 0.3 is 6.18 Å². The molecular weight excluding hydrogens is 369 g/mol. The van der Waals surface area contributed by atoms with Gasteiger partial charge < -0.3 is 20.3 Å². The van der Waals surface area contributed by atoms with Crippen LogP contribution < -0.4 is 10.6 Å². The third-order valence-electron chi connectivity index (χ3n) is 4.92. The maximum Gasteiger partial charge on any atom is 0.411 e. The molecule has 0 radical (unpaired) electrons. The number of alkyl halides is 3. The fraction of sp³-hybridized carbons (Fsp3) is 0.650. The van der Waals surface area contributed by atoms with E-state index >= 15 is 0 Å². The summed E-state index contributed by atoms with van der Waals surface area (Å²) in [5, 5.41) is 6.61. The summed E-state index contributed by atoms with van der Waals surface area (Å²) in [6.07, 6.45) is -0.645. The molecule has 0 aromatic heterocycles. The van der Waals surface area contributed by atoms with Gasteiger partial charge in [-0.1, -0.05) is 24.3 Å². The average molecular weight is 400 g/mol. The van der Waals surface area contributed by atoms with E-state index in [1.807, 2.05) is 12.1 Å². The maximum atomic E-state index is 12.1. The predicted molar refractivity (Wildman–Crippen MR) is 105 cm³/mol. The molecule has 2 rings (SSSR count). The maximum absolute atomic E-state index is 12.1. The smallest absolute Gasteiger partial charge is 0.367 e. The van der Waals surface area contributed by atoms with Crippen LogP contribution in [0.2, 0.25) is 0 Å². The van der Waals surface area contributed by atoms with E-state index in [-0.39, 0.29) is 6.61 Å². The molecule has 1 aliphatic rings. The lowest BCUT2D eigenvalue weighted by atomic mass is 9.94. The van der Waals surface area contributed by atoms with E-state index in [4.69, 9.17) is 0 Å². The molecule has 1 aliphatic heterocycles. The monoisotopic (exact) mass is 400 g/mol. The van der Waals surface area contributed by atoms with Crippen LogP contribution >= 0.6 is 0 Å². The Morgan fingerprint density at radius 1 is 1.14 bits per heavy atom. The predicted octanol–water partition coefficient (Wildman–Crippen LogP) is 3.16. The molecule has 0 spiro atoms. The van der Waals surface area contributed by atoms with E-state index in [0.29, 0.717) is 12.1 Å². The largest absolute Gasteiger partial charge is 0.411 e. The van der Waals surface area contributed by atoms with Crippen molar-refractivity contribution in [2.75, 3.05) is 40.3 Å². The van der Waals surface area contributed by atoms with Crippen LogP contribution in [0.3, 0.4) is 0 Å². The third kappa shape index (κ3) is 8.93. The highest BCUT2D eigenvalue weighted by Crippen LogP contribution is 2.18. The third-order valence-corrected chi connectivity index (χ3v) is 4.92. The Labute approximate surface area is 165 Å². The van der Waals surface area contributed by atoms with Crippen LogP contribution in [0.15, 0.2) is 29.3 Å². The lowest BCUT2D eigenvalue weighted by molar-refractivity contribution is -0.176. The first-order valence-electron chi connectivity index (χ1n) is 9.71. The second kappa shape index (κ2) is 11.3. The van der Waals surface area contributed by atoms with E-state index < -0.39 is 12.8 Å². The zero-order valence-corrected chi connectivity index (χ0v) is 16.7. The van der Waals surface area contributed by atoms with Gasteiger partial charge in [0.2, 0.25) is 0 Å². The standard InChI is InChI=1S/C20H31F3N4O/c1-24-19(25-10-7-16-8-11-27(2)12-9-16)26-13-17-3-5-18(6-4-17)14-28-15-20(21,22)23/h3-6,16H,7-15H2,1-2H3,(H2,24,25,26). The van der Waals surface area contributed by atoms with E-state index in [2.05, 4.69) is 32.3 Å². The quantitative estimate of drug-likeness (QED) is 0.520. The highest BCUT2D eigenvalue weighted by molar-refractivity contribution is 5.79. The number of likely N-dealkylation sites (tertiary alicyclic amines) is 1. The van der Waals surface area contributed by atoms with Crippen LogP contribution in [0.1, 0.15) is 30.4 Å². The van der Waals surface area contributed by atoms with Crippen molar-refractivity contribution in [3.63, 3.8) is 0 Å². The number of nitrogens with one attached hydrogen (secondary N) is 2. The fourth-order valence-corrected chi connectivity index (χ4v) is 3.19. The molecule has 1 aromatic rings. The van der Waals surface area contributed by atoms with Crippen molar-refractivity contribution in [3.8, 4) is 0 Å². The molecule has 0 amide bonds. The number of hydrogen-bond acceptors (Lipinski definition) is 3. The van der Waals surface area contributed by atoms with Crippen molar-refractivity contribution in [1.82, 2.24) is 15.5 Å². The van der Waals surface area contributed by atoms with Crippen LogP contribution in [-0.4, -0.2) is 57.4 Å². The fourth-order valence-electron chi connectivity index (χ4n) is 3.19. The molecule has 5 nitrogen and oxygen atoms in total. The summed E-state index contributed by atoms with van der Waals surface area (Å²) in [6.45, 7) is 2.56. The molecule has 1 aromatic carbocycles. The van der Waals surface area contributed by atoms with Gasteiger partial charge in [0.1, 0.15) is 6.61 Å². The van der Waals surface area contributed by atoms with Crippen molar-refractivity contribution in [3.05, 3.63) is 35.4 Å². The Balaban J connectivity index is 1.65. The van der Waals surface area contributed by atoms with Gasteiger partial charge in [-0.05, 0) is 56.4 Å². The van der Waals surface area contributed by atoms with E-state index in [1.165, 1.54) is 25.9 Å². The molecule has 28 heavy (non-hydrogen) atoms. The molecule has 0 bridgehead atoms. The minimum absolute atomic E-state index is 0.0482. The highest BCUT2D eigenvalue weighted by atomic mass is 19.4. The lowest BCUT2D eigenvalue weighted by Crippen LogP contribution is -2.38. The topological polar surface area (TPSA) is 48.9 Å². The van der Waals surface area contributed by atoms with Crippen LogP contribution in [0.5, 0.6) is 0 Å². The summed E-state index contributed by atoms with van der Waals surface area (Å²) >= 11 is 0. The molecule has 1 saturated heterocycles. The van der Waals surface area contributed by atoms with Crippen molar-refractivity contribution >= 4 is 5.96 Å². The molecule has 0 aliphatic carbocycles. The Hall–Kier alpha value is -1.80. The number of ether oxygens (including phenoxy) is 1. The van der Waals surface area contributed by atoms with Gasteiger partial charge in [0.15, 0.2) is 5.96 Å². The number of aliphatic imine (C=N–C) groups is 1. The molecule has 8 heteroatoms. The van der Waals surface area contributed by atoms with Crippen LogP contribution in [-0.2, 0) is 17.9 Å². The average Bonchev–Trinajstić information content (AvgIpc) is 2.66. The number of guanidine groups is 1. The van der Waals surface area contributed by atoms with Gasteiger partial charge in [0, 0.05) is 20.1 Å². The number of rotatable bonds is 8. The molecule has 1 fully saturated rings. The van der Waals surface area contributed by atoms with Gasteiger partial charge in [-0.25, -0.2) is 0 Å². The molecule has 0 saturated carbocycles. The second-order valence-electron chi connectivity index (χ2n) is 7.31. The normalized spacial score (nSPS) is 17.0. The lowest BCUT2D eigenvalue weighted by Gasteiger charge is -2.29. The first-order chi connectivity index (χ1) is 13.4. The van der Waals surface area contributed by atoms with Crippen molar-refractivity contribution in [2.24, 2.45) is 10.9 Å². The SMILES string of the molecule is CN=C(NCCC1CCN(C)CC1)NCc1ccc(COCC(F)(F)F)cc1. The zero-order chi connectivity index (χ0) is 20.4. The zero-order valence-electron chi connectivity index (χ0n) is 16.7. The highest BCUT2D eigenvalue weighted by Gasteiger charge is 2.27. The van der Waals surface area contributed by atoms with Crippen molar-refractivity contribution in [2.45, 2.75) is 38.6 Å². The van der Waals surface area contributed by atoms with Crippen LogP contribution in [0, 0.1) is 5.92 Å². The van der Waals surface area contributed by atoms with Crippen molar-refractivity contribution in [1.29, 1.82) is 0 Å². The van der Waals surface area contributed by atoms with E-state index in [1.54, 1.807) is 19.2 Å². The molecular formula is C20H31F3N4O. The summed E-state index contributed by atoms with van der Waals surface area (Å²) in [6, 6.07) is 7.32. The molecule has 0 unspecified atom stereocenters. The Morgan fingerprint density at radius 3 is 2.39 bits per heavy atom. The van der Waals surface area contributed by atoms with Gasteiger partial charge in [-0.15, -0.1) is 0 Å². The summed E-state index contributed by atoms with van der Waals surface area (Å²) in [4.78, 5) is 6.61. The number of hydrogen-bond donors (Lipinski definition) is 2. The number of piperidine rings is 1.